The third-order valence-electron chi connectivity index (χ3n) is 6.63. The van der Waals surface area contributed by atoms with E-state index >= 15 is 0 Å². The van der Waals surface area contributed by atoms with Gasteiger partial charge in [-0.05, 0) is 54.7 Å². The van der Waals surface area contributed by atoms with Crippen LogP contribution in [0.1, 0.15) is 56.2 Å². The Labute approximate surface area is 213 Å². The van der Waals surface area contributed by atoms with Crippen LogP contribution < -0.4 is 4.72 Å². The first-order valence-corrected chi connectivity index (χ1v) is 14.0. The number of halogens is 2. The Morgan fingerprint density at radius 2 is 1.85 bits per heavy atom. The second kappa shape index (κ2) is 10.8. The molecule has 1 aliphatic heterocycles. The highest BCUT2D eigenvalue weighted by molar-refractivity contribution is 7.88. The predicted molar refractivity (Wildman–Crippen MR) is 140 cm³/mol. The van der Waals surface area contributed by atoms with Crippen LogP contribution in [0.15, 0.2) is 61.2 Å². The van der Waals surface area contributed by atoms with Crippen LogP contribution in [0.2, 0.25) is 10.0 Å². The Morgan fingerprint density at radius 1 is 1.18 bits per heavy atom. The highest BCUT2D eigenvalue weighted by Crippen LogP contribution is 2.52. The monoisotopic (exact) mass is 522 g/mol. The normalized spacial score (nSPS) is 24.1. The van der Waals surface area contributed by atoms with Gasteiger partial charge in [-0.2, -0.15) is 0 Å². The Hall–Kier alpha value is -1.86. The van der Waals surface area contributed by atoms with Crippen molar-refractivity contribution in [3.63, 3.8) is 0 Å². The second-order valence-corrected chi connectivity index (χ2v) is 12.0. The van der Waals surface area contributed by atoms with Gasteiger partial charge in [0.05, 0.1) is 17.7 Å². The molecule has 0 aliphatic carbocycles. The Morgan fingerprint density at radius 3 is 2.41 bits per heavy atom. The zero-order valence-corrected chi connectivity index (χ0v) is 22.1. The second-order valence-electron chi connectivity index (χ2n) is 9.31. The van der Waals surface area contributed by atoms with Crippen molar-refractivity contribution in [1.82, 2.24) is 9.62 Å². The maximum atomic E-state index is 14.1. The number of nitrogens with one attached hydrogen (secondary N) is 1. The lowest BCUT2D eigenvalue weighted by atomic mass is 9.67. The summed E-state index contributed by atoms with van der Waals surface area (Å²) in [4.78, 5) is 16.0. The zero-order chi connectivity index (χ0) is 25.1. The maximum Gasteiger partial charge on any atom is 0.229 e. The van der Waals surface area contributed by atoms with Crippen molar-refractivity contribution in [2.24, 2.45) is 5.41 Å². The number of rotatable bonds is 9. The summed E-state index contributed by atoms with van der Waals surface area (Å²) in [5.41, 5.74) is 1.29. The first-order chi connectivity index (χ1) is 16.0. The number of hydrogen-bond acceptors (Lipinski definition) is 3. The lowest BCUT2D eigenvalue weighted by Crippen LogP contribution is -2.57. The molecule has 0 aromatic heterocycles. The first-order valence-electron chi connectivity index (χ1n) is 11.4. The lowest BCUT2D eigenvalue weighted by Gasteiger charge is -2.52. The zero-order valence-electron chi connectivity index (χ0n) is 19.8. The minimum absolute atomic E-state index is 0.00669. The summed E-state index contributed by atoms with van der Waals surface area (Å²) in [6, 6.07) is 14.6. The third kappa shape index (κ3) is 6.03. The summed E-state index contributed by atoms with van der Waals surface area (Å²) in [7, 11) is -3.42. The van der Waals surface area contributed by atoms with E-state index in [9.17, 15) is 13.2 Å². The summed E-state index contributed by atoms with van der Waals surface area (Å²) in [6.07, 6.45) is 4.62. The Kier molecular flexibility index (Phi) is 8.51. The van der Waals surface area contributed by atoms with Crippen LogP contribution in [-0.4, -0.2) is 38.1 Å². The number of amides is 1. The van der Waals surface area contributed by atoms with Gasteiger partial charge in [-0.1, -0.05) is 67.4 Å². The number of sulfonamides is 1. The van der Waals surface area contributed by atoms with Crippen molar-refractivity contribution in [2.75, 3.05) is 12.8 Å². The molecule has 0 bridgehead atoms. The van der Waals surface area contributed by atoms with Crippen LogP contribution in [0.25, 0.3) is 0 Å². The van der Waals surface area contributed by atoms with Crippen molar-refractivity contribution in [3.05, 3.63) is 82.4 Å². The number of carbonyl (C=O) groups is 1. The highest BCUT2D eigenvalue weighted by atomic mass is 35.5. The number of likely N-dealkylation sites (tertiary alicyclic amines) is 1. The van der Waals surface area contributed by atoms with Gasteiger partial charge in [0.1, 0.15) is 0 Å². The molecule has 0 radical (unpaired) electrons. The van der Waals surface area contributed by atoms with Gasteiger partial charge in [0.15, 0.2) is 0 Å². The molecule has 2 aromatic carbocycles. The fourth-order valence-corrected chi connectivity index (χ4v) is 5.80. The molecule has 1 N–H and O–H groups in total. The summed E-state index contributed by atoms with van der Waals surface area (Å²) < 4.78 is 26.4. The molecule has 1 heterocycles. The number of hydrogen-bond donors (Lipinski definition) is 1. The van der Waals surface area contributed by atoms with Gasteiger partial charge in [-0.25, -0.2) is 13.1 Å². The number of nitrogens with zero attached hydrogens (tertiary/aromatic N) is 1. The summed E-state index contributed by atoms with van der Waals surface area (Å²) >= 11 is 12.6. The molecule has 3 unspecified atom stereocenters. The third-order valence-corrected chi connectivity index (χ3v) is 7.81. The molecule has 4 atom stereocenters. The quantitative estimate of drug-likeness (QED) is 0.413. The molecular weight excluding hydrogens is 491 g/mol. The molecule has 3 rings (SSSR count). The molecule has 0 spiro atoms. The average molecular weight is 524 g/mol. The Bertz CT molecular complexity index is 1140. The van der Waals surface area contributed by atoms with Gasteiger partial charge in [0.2, 0.25) is 15.9 Å². The Balaban J connectivity index is 2.20. The van der Waals surface area contributed by atoms with E-state index in [4.69, 9.17) is 23.2 Å². The molecule has 5 nitrogen and oxygen atoms in total. The molecule has 1 aliphatic rings. The van der Waals surface area contributed by atoms with E-state index < -0.39 is 15.4 Å². The summed E-state index contributed by atoms with van der Waals surface area (Å²) in [5.74, 6) is -0.0670. The topological polar surface area (TPSA) is 66.5 Å². The van der Waals surface area contributed by atoms with E-state index in [2.05, 4.69) is 11.3 Å². The van der Waals surface area contributed by atoms with Crippen molar-refractivity contribution < 1.29 is 13.2 Å². The largest absolute Gasteiger partial charge is 0.330 e. The van der Waals surface area contributed by atoms with Crippen LogP contribution in [0, 0.1) is 5.41 Å². The van der Waals surface area contributed by atoms with Crippen molar-refractivity contribution >= 4 is 39.1 Å². The fourth-order valence-electron chi connectivity index (χ4n) is 4.98. The first kappa shape index (κ1) is 26.7. The van der Waals surface area contributed by atoms with Crippen LogP contribution in [0.4, 0.5) is 0 Å². The lowest BCUT2D eigenvalue weighted by molar-refractivity contribution is -0.154. The molecular formula is C26H32Cl2N2O3S. The molecule has 8 heteroatoms. The van der Waals surface area contributed by atoms with Crippen LogP contribution >= 0.6 is 23.2 Å². The van der Waals surface area contributed by atoms with E-state index in [1.165, 1.54) is 0 Å². The van der Waals surface area contributed by atoms with E-state index in [0.29, 0.717) is 29.3 Å². The standard InChI is InChI=1S/C26H32Cl2N2O3S/c1-5-14-26(3)16-23(19-8-7-9-21(28)15-19)24(18-10-12-20(27)13-11-18)30(25(26)31)22(6-2)17-29-34(4,32)33/h5,7-13,15,22-24,29H,1,6,14,16-17H2,2-4H3/t22?,23?,24?,26-/m0/s1. The van der Waals surface area contributed by atoms with E-state index in [1.54, 1.807) is 6.08 Å². The SMILES string of the molecule is C=CC[C@@]1(C)CC(c2cccc(Cl)c2)C(c2ccc(Cl)cc2)N(C(CC)CNS(C)(=O)=O)C1=O. The van der Waals surface area contributed by atoms with Crippen LogP contribution in [0.5, 0.6) is 0 Å². The average Bonchev–Trinajstić information content (AvgIpc) is 2.77. The van der Waals surface area contributed by atoms with Gasteiger partial charge in [-0.3, -0.25) is 4.79 Å². The van der Waals surface area contributed by atoms with E-state index in [-0.39, 0.29) is 30.5 Å². The van der Waals surface area contributed by atoms with Gasteiger partial charge in [-0.15, -0.1) is 6.58 Å². The van der Waals surface area contributed by atoms with Gasteiger partial charge in [0.25, 0.3) is 0 Å². The number of benzene rings is 2. The van der Waals surface area contributed by atoms with Crippen molar-refractivity contribution in [3.8, 4) is 0 Å². The van der Waals surface area contributed by atoms with Gasteiger partial charge < -0.3 is 4.90 Å². The maximum absolute atomic E-state index is 14.1. The predicted octanol–water partition coefficient (Wildman–Crippen LogP) is 5.96. The molecule has 1 saturated heterocycles. The van der Waals surface area contributed by atoms with E-state index in [0.717, 1.165) is 17.4 Å². The molecule has 1 amide bonds. The fraction of sp³-hybridized carbons (Fsp3) is 0.423. The molecule has 184 valence electrons. The van der Waals surface area contributed by atoms with Crippen LogP contribution in [0.3, 0.4) is 0 Å². The van der Waals surface area contributed by atoms with Gasteiger partial charge in [0, 0.05) is 28.5 Å². The van der Waals surface area contributed by atoms with Crippen molar-refractivity contribution in [1.29, 1.82) is 0 Å². The number of piperidine rings is 1. The van der Waals surface area contributed by atoms with Crippen molar-refractivity contribution in [2.45, 2.75) is 51.1 Å². The molecule has 34 heavy (non-hydrogen) atoms. The molecule has 1 fully saturated rings. The highest BCUT2D eigenvalue weighted by Gasteiger charge is 2.50. The van der Waals surface area contributed by atoms with Crippen LogP contribution in [-0.2, 0) is 14.8 Å². The molecule has 0 saturated carbocycles. The number of allylic oxidation sites excluding steroid dienone is 1. The summed E-state index contributed by atoms with van der Waals surface area (Å²) in [6.45, 7) is 7.97. The smallest absolute Gasteiger partial charge is 0.229 e. The summed E-state index contributed by atoms with van der Waals surface area (Å²) in [5, 5.41) is 1.24. The number of carbonyl (C=O) groups excluding carboxylic acids is 1. The van der Waals surface area contributed by atoms with Gasteiger partial charge >= 0.3 is 0 Å². The van der Waals surface area contributed by atoms with E-state index in [1.807, 2.05) is 67.3 Å². The minimum atomic E-state index is -3.42. The molecule has 2 aromatic rings. The minimum Gasteiger partial charge on any atom is -0.330 e.